The summed E-state index contributed by atoms with van der Waals surface area (Å²) in [5.74, 6) is 0. The van der Waals surface area contributed by atoms with Crippen molar-refractivity contribution in [1.29, 1.82) is 0 Å². The van der Waals surface area contributed by atoms with Crippen LogP contribution in [-0.2, 0) is 6.54 Å². The fourth-order valence-corrected chi connectivity index (χ4v) is 0.785. The Morgan fingerprint density at radius 2 is 1.73 bits per heavy atom. The SMILES string of the molecule is CCCC.NC(=O)NCc1ccccc1. The molecule has 0 aliphatic carbocycles. The molecule has 0 atom stereocenters. The number of hydrogen-bond acceptors (Lipinski definition) is 1. The first kappa shape index (κ1) is 13.5. The molecule has 0 radical (unpaired) electrons. The number of carbonyl (C=O) groups excluding carboxylic acids is 1. The number of hydrogen-bond donors (Lipinski definition) is 2. The molecule has 0 fully saturated rings. The van der Waals surface area contributed by atoms with E-state index in [0.29, 0.717) is 6.54 Å². The normalized spacial score (nSPS) is 8.67. The Morgan fingerprint density at radius 3 is 2.13 bits per heavy atom. The third-order valence-electron chi connectivity index (χ3n) is 1.81. The molecule has 0 saturated carbocycles. The second kappa shape index (κ2) is 9.06. The summed E-state index contributed by atoms with van der Waals surface area (Å²) in [5.41, 5.74) is 5.94. The lowest BCUT2D eigenvalue weighted by molar-refractivity contribution is 0.248. The number of urea groups is 1. The van der Waals surface area contributed by atoms with Crippen LogP contribution in [0.25, 0.3) is 0 Å². The molecule has 0 aliphatic heterocycles. The van der Waals surface area contributed by atoms with Gasteiger partial charge in [0.05, 0.1) is 0 Å². The van der Waals surface area contributed by atoms with E-state index in [9.17, 15) is 4.79 Å². The zero-order valence-corrected chi connectivity index (χ0v) is 9.49. The van der Waals surface area contributed by atoms with Crippen molar-refractivity contribution in [3.8, 4) is 0 Å². The zero-order valence-electron chi connectivity index (χ0n) is 9.49. The Hall–Kier alpha value is -1.51. The lowest BCUT2D eigenvalue weighted by Crippen LogP contribution is -2.28. The van der Waals surface area contributed by atoms with Crippen LogP contribution in [-0.4, -0.2) is 6.03 Å². The minimum absolute atomic E-state index is 0.492. The molecular weight excluding hydrogens is 188 g/mol. The van der Waals surface area contributed by atoms with Gasteiger partial charge in [0.1, 0.15) is 0 Å². The topological polar surface area (TPSA) is 55.1 Å². The van der Waals surface area contributed by atoms with Crippen molar-refractivity contribution in [3.63, 3.8) is 0 Å². The minimum Gasteiger partial charge on any atom is -0.352 e. The molecule has 1 aromatic rings. The number of amides is 2. The highest BCUT2D eigenvalue weighted by Crippen LogP contribution is 1.96. The lowest BCUT2D eigenvalue weighted by Gasteiger charge is -1.99. The van der Waals surface area contributed by atoms with Crippen molar-refractivity contribution in [2.75, 3.05) is 0 Å². The largest absolute Gasteiger partial charge is 0.352 e. The van der Waals surface area contributed by atoms with Crippen molar-refractivity contribution < 1.29 is 4.79 Å². The summed E-state index contributed by atoms with van der Waals surface area (Å²) < 4.78 is 0. The van der Waals surface area contributed by atoms with Gasteiger partial charge in [-0.15, -0.1) is 0 Å². The highest BCUT2D eigenvalue weighted by atomic mass is 16.2. The van der Waals surface area contributed by atoms with E-state index in [4.69, 9.17) is 5.73 Å². The summed E-state index contributed by atoms with van der Waals surface area (Å²) in [6, 6.07) is 9.12. The average Bonchev–Trinajstić information content (AvgIpc) is 2.28. The van der Waals surface area contributed by atoms with Crippen LogP contribution in [0.4, 0.5) is 4.79 Å². The molecule has 0 heterocycles. The third kappa shape index (κ3) is 8.81. The van der Waals surface area contributed by atoms with E-state index in [0.717, 1.165) is 5.56 Å². The van der Waals surface area contributed by atoms with Gasteiger partial charge in [0.15, 0.2) is 0 Å². The number of primary amides is 1. The maximum absolute atomic E-state index is 10.3. The van der Waals surface area contributed by atoms with E-state index in [1.165, 1.54) is 12.8 Å². The molecule has 84 valence electrons. The van der Waals surface area contributed by atoms with E-state index in [1.54, 1.807) is 0 Å². The molecule has 3 N–H and O–H groups in total. The van der Waals surface area contributed by atoms with Crippen LogP contribution >= 0.6 is 0 Å². The van der Waals surface area contributed by atoms with Crippen LogP contribution in [0, 0.1) is 0 Å². The predicted octanol–water partition coefficient (Wildman–Crippen LogP) is 2.66. The van der Waals surface area contributed by atoms with E-state index in [-0.39, 0.29) is 0 Å². The van der Waals surface area contributed by atoms with Gasteiger partial charge in [0.25, 0.3) is 0 Å². The second-order valence-corrected chi connectivity index (χ2v) is 3.20. The first-order chi connectivity index (χ1) is 7.20. The van der Waals surface area contributed by atoms with Gasteiger partial charge >= 0.3 is 6.03 Å². The van der Waals surface area contributed by atoms with Crippen LogP contribution in [0.5, 0.6) is 0 Å². The van der Waals surface area contributed by atoms with Crippen molar-refractivity contribution in [2.24, 2.45) is 5.73 Å². The number of unbranched alkanes of at least 4 members (excludes halogenated alkanes) is 1. The minimum atomic E-state index is -0.492. The quantitative estimate of drug-likeness (QED) is 0.788. The molecule has 2 amide bonds. The first-order valence-corrected chi connectivity index (χ1v) is 5.27. The molecular formula is C12H20N2O. The summed E-state index contributed by atoms with van der Waals surface area (Å²) in [7, 11) is 0. The van der Waals surface area contributed by atoms with Gasteiger partial charge in [-0.2, -0.15) is 0 Å². The highest BCUT2D eigenvalue weighted by Gasteiger charge is 1.91. The van der Waals surface area contributed by atoms with Crippen LogP contribution in [0.3, 0.4) is 0 Å². The van der Waals surface area contributed by atoms with Gasteiger partial charge in [0, 0.05) is 6.54 Å². The highest BCUT2D eigenvalue weighted by molar-refractivity contribution is 5.71. The summed E-state index contributed by atoms with van der Waals surface area (Å²) in [6.45, 7) is 4.86. The second-order valence-electron chi connectivity index (χ2n) is 3.20. The van der Waals surface area contributed by atoms with Crippen molar-refractivity contribution in [1.82, 2.24) is 5.32 Å². The molecule has 1 aromatic carbocycles. The van der Waals surface area contributed by atoms with Gasteiger partial charge in [-0.1, -0.05) is 57.0 Å². The summed E-state index contributed by atoms with van der Waals surface area (Å²) in [4.78, 5) is 10.3. The van der Waals surface area contributed by atoms with Crippen LogP contribution < -0.4 is 11.1 Å². The van der Waals surface area contributed by atoms with Crippen LogP contribution in [0.15, 0.2) is 30.3 Å². The van der Waals surface area contributed by atoms with E-state index in [2.05, 4.69) is 19.2 Å². The number of benzene rings is 1. The molecule has 0 aliphatic rings. The van der Waals surface area contributed by atoms with Gasteiger partial charge in [-0.25, -0.2) is 4.79 Å². The van der Waals surface area contributed by atoms with Crippen LogP contribution in [0.1, 0.15) is 32.3 Å². The van der Waals surface area contributed by atoms with Gasteiger partial charge in [0.2, 0.25) is 0 Å². The Morgan fingerprint density at radius 1 is 1.20 bits per heavy atom. The van der Waals surface area contributed by atoms with E-state index in [1.807, 2.05) is 30.3 Å². The van der Waals surface area contributed by atoms with Gasteiger partial charge < -0.3 is 11.1 Å². The molecule has 0 saturated heterocycles. The molecule has 1 rings (SSSR count). The van der Waals surface area contributed by atoms with Crippen molar-refractivity contribution in [3.05, 3.63) is 35.9 Å². The smallest absolute Gasteiger partial charge is 0.312 e. The summed E-state index contributed by atoms with van der Waals surface area (Å²) in [6.07, 6.45) is 2.64. The maximum atomic E-state index is 10.3. The first-order valence-electron chi connectivity index (χ1n) is 5.27. The third-order valence-corrected chi connectivity index (χ3v) is 1.81. The van der Waals surface area contributed by atoms with Crippen molar-refractivity contribution in [2.45, 2.75) is 33.2 Å². The Kier molecular flexibility index (Phi) is 8.15. The Balaban J connectivity index is 0.000000423. The van der Waals surface area contributed by atoms with Gasteiger partial charge in [-0.3, -0.25) is 0 Å². The molecule has 0 bridgehead atoms. The number of carbonyl (C=O) groups is 1. The summed E-state index contributed by atoms with van der Waals surface area (Å²) in [5, 5.41) is 2.50. The fraction of sp³-hybridized carbons (Fsp3) is 0.417. The number of nitrogens with one attached hydrogen (secondary N) is 1. The Bertz CT molecular complexity index is 258. The van der Waals surface area contributed by atoms with E-state index >= 15 is 0 Å². The van der Waals surface area contributed by atoms with Gasteiger partial charge in [-0.05, 0) is 5.56 Å². The molecule has 0 spiro atoms. The molecule has 15 heavy (non-hydrogen) atoms. The van der Waals surface area contributed by atoms with E-state index < -0.39 is 6.03 Å². The average molecular weight is 208 g/mol. The van der Waals surface area contributed by atoms with Crippen LogP contribution in [0.2, 0.25) is 0 Å². The standard InChI is InChI=1S/C8H10N2O.C4H10/c9-8(11)10-6-7-4-2-1-3-5-7;1-3-4-2/h1-5H,6H2,(H3,9,10,11);3-4H2,1-2H3. The number of rotatable bonds is 3. The predicted molar refractivity (Wildman–Crippen MR) is 63.4 cm³/mol. The lowest BCUT2D eigenvalue weighted by atomic mass is 10.2. The molecule has 3 nitrogen and oxygen atoms in total. The number of nitrogens with two attached hydrogens (primary N) is 1. The monoisotopic (exact) mass is 208 g/mol. The fourth-order valence-electron chi connectivity index (χ4n) is 0.785. The summed E-state index contributed by atoms with van der Waals surface area (Å²) >= 11 is 0. The molecule has 3 heteroatoms. The molecule has 0 aromatic heterocycles. The molecule has 0 unspecified atom stereocenters. The maximum Gasteiger partial charge on any atom is 0.312 e. The zero-order chi connectivity index (χ0) is 11.5. The Labute approximate surface area is 91.7 Å². The van der Waals surface area contributed by atoms with Crippen molar-refractivity contribution >= 4 is 6.03 Å².